The van der Waals surface area contributed by atoms with Gasteiger partial charge in [-0.15, -0.1) is 0 Å². The van der Waals surface area contributed by atoms with Crippen molar-refractivity contribution in [3.05, 3.63) is 92.4 Å². The fourth-order valence-electron chi connectivity index (χ4n) is 4.10. The van der Waals surface area contributed by atoms with Gasteiger partial charge in [-0.25, -0.2) is 8.42 Å². The Kier molecular flexibility index (Phi) is 11.8. The van der Waals surface area contributed by atoms with Gasteiger partial charge in [-0.05, 0) is 67.8 Å². The van der Waals surface area contributed by atoms with E-state index in [1.807, 2.05) is 13.8 Å². The molecule has 0 fully saturated rings. The summed E-state index contributed by atoms with van der Waals surface area (Å²) < 4.78 is 28.7. The third-order valence-electron chi connectivity index (χ3n) is 6.53. The van der Waals surface area contributed by atoms with Crippen LogP contribution in [-0.2, 0) is 26.2 Å². The molecule has 3 aromatic rings. The Labute approximate surface area is 261 Å². The number of carbonyl (C=O) groups excluding carboxylic acids is 2. The number of benzene rings is 3. The minimum absolute atomic E-state index is 0.0259. The summed E-state index contributed by atoms with van der Waals surface area (Å²) >= 11 is 25.2. The van der Waals surface area contributed by atoms with E-state index in [9.17, 15) is 18.0 Å². The van der Waals surface area contributed by atoms with Gasteiger partial charge in [0.25, 0.3) is 10.0 Å². The first kappa shape index (κ1) is 33.0. The first-order valence-corrected chi connectivity index (χ1v) is 15.9. The molecule has 0 radical (unpaired) electrons. The first-order valence-electron chi connectivity index (χ1n) is 13.0. The fourth-order valence-corrected chi connectivity index (χ4v) is 6.45. The van der Waals surface area contributed by atoms with E-state index in [4.69, 9.17) is 46.4 Å². The minimum Gasteiger partial charge on any atom is -0.352 e. The second-order valence-corrected chi connectivity index (χ2v) is 13.0. The van der Waals surface area contributed by atoms with Crippen molar-refractivity contribution in [1.82, 2.24) is 10.2 Å². The highest BCUT2D eigenvalue weighted by molar-refractivity contribution is 7.92. The van der Waals surface area contributed by atoms with Crippen LogP contribution in [0.3, 0.4) is 0 Å². The Morgan fingerprint density at radius 1 is 0.854 bits per heavy atom. The average molecular weight is 659 g/mol. The highest BCUT2D eigenvalue weighted by atomic mass is 35.5. The summed E-state index contributed by atoms with van der Waals surface area (Å²) in [5.74, 6) is -1.00. The standard InChI is InChI=1S/C29H31Cl4N3O4S/c1-4-19(3)34-29(38)26(5-2)35(17-20-11-12-21(30)15-25(20)33)28(37)18-36(27-16-22(31)13-14-24(27)32)41(39,40)23-9-7-6-8-10-23/h6-16,19,26H,4-5,17-18H2,1-3H3,(H,34,38)/t19-,26+/m0/s1. The summed E-state index contributed by atoms with van der Waals surface area (Å²) in [7, 11) is -4.29. The van der Waals surface area contributed by atoms with E-state index in [1.54, 1.807) is 43.3 Å². The SMILES string of the molecule is CC[C@H](C(=O)N[C@@H](C)CC)N(Cc1ccc(Cl)cc1Cl)C(=O)CN(c1cc(Cl)ccc1Cl)S(=O)(=O)c1ccccc1. The molecule has 0 aliphatic rings. The topological polar surface area (TPSA) is 86.8 Å². The Morgan fingerprint density at radius 2 is 1.49 bits per heavy atom. The van der Waals surface area contributed by atoms with Crippen LogP contribution in [0.15, 0.2) is 71.6 Å². The molecule has 3 rings (SSSR count). The molecule has 0 aromatic heterocycles. The Hall–Kier alpha value is -2.49. The van der Waals surface area contributed by atoms with Gasteiger partial charge >= 0.3 is 0 Å². The molecule has 0 spiro atoms. The minimum atomic E-state index is -4.29. The van der Waals surface area contributed by atoms with Crippen LogP contribution in [0, 0.1) is 0 Å². The number of amides is 2. The maximum absolute atomic E-state index is 14.1. The summed E-state index contributed by atoms with van der Waals surface area (Å²) in [5.41, 5.74) is 0.565. The van der Waals surface area contributed by atoms with Gasteiger partial charge in [0, 0.05) is 27.7 Å². The van der Waals surface area contributed by atoms with Gasteiger partial charge in [0.2, 0.25) is 11.8 Å². The monoisotopic (exact) mass is 657 g/mol. The predicted octanol–water partition coefficient (Wildman–Crippen LogP) is 7.22. The van der Waals surface area contributed by atoms with Crippen LogP contribution in [0.4, 0.5) is 5.69 Å². The first-order chi connectivity index (χ1) is 19.4. The lowest BCUT2D eigenvalue weighted by Crippen LogP contribution is -2.53. The summed E-state index contributed by atoms with van der Waals surface area (Å²) in [6.07, 6.45) is 0.956. The number of sulfonamides is 1. The van der Waals surface area contributed by atoms with Gasteiger partial charge in [0.05, 0.1) is 15.6 Å². The zero-order chi connectivity index (χ0) is 30.3. The molecule has 1 N–H and O–H groups in total. The van der Waals surface area contributed by atoms with Crippen LogP contribution >= 0.6 is 46.4 Å². The number of halogens is 4. The van der Waals surface area contributed by atoms with Crippen LogP contribution < -0.4 is 9.62 Å². The van der Waals surface area contributed by atoms with Gasteiger partial charge in [-0.1, -0.05) is 84.5 Å². The van der Waals surface area contributed by atoms with Crippen LogP contribution in [0.5, 0.6) is 0 Å². The smallest absolute Gasteiger partial charge is 0.264 e. The van der Waals surface area contributed by atoms with E-state index in [1.165, 1.54) is 35.2 Å². The lowest BCUT2D eigenvalue weighted by Gasteiger charge is -2.34. The normalized spacial score (nSPS) is 12.9. The molecule has 0 aliphatic heterocycles. The Bertz CT molecular complexity index is 1490. The van der Waals surface area contributed by atoms with Crippen LogP contribution in [-0.4, -0.2) is 43.8 Å². The molecule has 0 saturated heterocycles. The summed E-state index contributed by atoms with van der Waals surface area (Å²) in [6, 6.07) is 15.8. The molecular weight excluding hydrogens is 628 g/mol. The molecule has 12 heteroatoms. The van der Waals surface area contributed by atoms with Crippen LogP contribution in [0.1, 0.15) is 39.2 Å². The van der Waals surface area contributed by atoms with E-state index in [0.717, 1.165) is 4.31 Å². The number of hydrogen-bond acceptors (Lipinski definition) is 4. The molecule has 7 nitrogen and oxygen atoms in total. The summed E-state index contributed by atoms with van der Waals surface area (Å²) in [4.78, 5) is 28.8. The summed E-state index contributed by atoms with van der Waals surface area (Å²) in [6.45, 7) is 4.85. The maximum Gasteiger partial charge on any atom is 0.264 e. The highest BCUT2D eigenvalue weighted by Crippen LogP contribution is 2.33. The zero-order valence-corrected chi connectivity index (χ0v) is 26.6. The quantitative estimate of drug-likeness (QED) is 0.223. The lowest BCUT2D eigenvalue weighted by atomic mass is 10.1. The molecule has 0 heterocycles. The number of nitrogens with one attached hydrogen (secondary N) is 1. The van der Waals surface area contributed by atoms with Crippen molar-refractivity contribution in [2.45, 2.75) is 57.1 Å². The molecule has 0 aliphatic carbocycles. The highest BCUT2D eigenvalue weighted by Gasteiger charge is 2.35. The largest absolute Gasteiger partial charge is 0.352 e. The van der Waals surface area contributed by atoms with E-state index >= 15 is 0 Å². The van der Waals surface area contributed by atoms with Crippen molar-refractivity contribution in [2.75, 3.05) is 10.8 Å². The third-order valence-corrected chi connectivity index (χ3v) is 9.45. The van der Waals surface area contributed by atoms with Crippen molar-refractivity contribution in [3.8, 4) is 0 Å². The van der Waals surface area contributed by atoms with Gasteiger partial charge in [-0.2, -0.15) is 0 Å². The van der Waals surface area contributed by atoms with Crippen molar-refractivity contribution >= 4 is 73.9 Å². The molecule has 3 aromatic carbocycles. The molecule has 2 amide bonds. The molecule has 0 saturated carbocycles. The molecule has 41 heavy (non-hydrogen) atoms. The van der Waals surface area contributed by atoms with Gasteiger partial charge < -0.3 is 10.2 Å². The number of carbonyl (C=O) groups is 2. The molecule has 0 unspecified atom stereocenters. The lowest BCUT2D eigenvalue weighted by molar-refractivity contribution is -0.140. The van der Waals surface area contributed by atoms with Crippen molar-refractivity contribution in [1.29, 1.82) is 0 Å². The molecular formula is C29H31Cl4N3O4S. The van der Waals surface area contributed by atoms with Gasteiger partial charge in [-0.3, -0.25) is 13.9 Å². The zero-order valence-electron chi connectivity index (χ0n) is 22.8. The van der Waals surface area contributed by atoms with E-state index in [0.29, 0.717) is 22.0 Å². The fraction of sp³-hybridized carbons (Fsp3) is 0.310. The number of rotatable bonds is 12. The van der Waals surface area contributed by atoms with Gasteiger partial charge in [0.1, 0.15) is 12.6 Å². The molecule has 2 atom stereocenters. The molecule has 0 bridgehead atoms. The number of nitrogens with zero attached hydrogens (tertiary/aromatic N) is 2. The Morgan fingerprint density at radius 3 is 2.10 bits per heavy atom. The van der Waals surface area contributed by atoms with E-state index in [2.05, 4.69) is 5.32 Å². The average Bonchev–Trinajstić information content (AvgIpc) is 2.94. The van der Waals surface area contributed by atoms with Crippen molar-refractivity contribution in [2.24, 2.45) is 0 Å². The van der Waals surface area contributed by atoms with Crippen LogP contribution in [0.25, 0.3) is 0 Å². The maximum atomic E-state index is 14.1. The van der Waals surface area contributed by atoms with Crippen molar-refractivity contribution < 1.29 is 18.0 Å². The Balaban J connectivity index is 2.11. The van der Waals surface area contributed by atoms with Gasteiger partial charge in [0.15, 0.2) is 0 Å². The van der Waals surface area contributed by atoms with Crippen molar-refractivity contribution in [3.63, 3.8) is 0 Å². The van der Waals surface area contributed by atoms with E-state index in [-0.39, 0.29) is 45.5 Å². The second-order valence-electron chi connectivity index (χ2n) is 9.42. The summed E-state index contributed by atoms with van der Waals surface area (Å²) in [5, 5.41) is 3.95. The van der Waals surface area contributed by atoms with Crippen LogP contribution in [0.2, 0.25) is 20.1 Å². The van der Waals surface area contributed by atoms with E-state index < -0.39 is 28.5 Å². The second kappa shape index (κ2) is 14.6. The third kappa shape index (κ3) is 8.30. The predicted molar refractivity (Wildman–Crippen MR) is 166 cm³/mol. The number of anilines is 1. The molecule has 220 valence electrons. The number of hydrogen-bond donors (Lipinski definition) is 1.